The van der Waals surface area contributed by atoms with E-state index in [-0.39, 0.29) is 17.4 Å². The van der Waals surface area contributed by atoms with Gasteiger partial charge in [-0.25, -0.2) is 8.42 Å². The van der Waals surface area contributed by atoms with Gasteiger partial charge in [0.05, 0.1) is 11.5 Å². The molecule has 2 rings (SSSR count). The van der Waals surface area contributed by atoms with Crippen LogP contribution in [0.15, 0.2) is 29.2 Å². The van der Waals surface area contributed by atoms with Crippen LogP contribution in [0.5, 0.6) is 0 Å². The van der Waals surface area contributed by atoms with E-state index < -0.39 is 21.1 Å². The second-order valence-corrected chi connectivity index (χ2v) is 7.21. The minimum absolute atomic E-state index is 0.208. The third-order valence-corrected chi connectivity index (χ3v) is 5.93. The Bertz CT molecular complexity index is 574. The fourth-order valence-electron chi connectivity index (χ4n) is 2.60. The summed E-state index contributed by atoms with van der Waals surface area (Å²) < 4.78 is 30.2. The number of hydrogen-bond acceptors (Lipinski definition) is 4. The van der Waals surface area contributed by atoms with Gasteiger partial charge in [-0.2, -0.15) is 0 Å². The van der Waals surface area contributed by atoms with Crippen LogP contribution in [0.4, 0.5) is 0 Å². The summed E-state index contributed by atoms with van der Waals surface area (Å²) in [4.78, 5) is 12.0. The normalized spacial score (nSPS) is 22.8. The number of sulfone groups is 1. The molecule has 5 heteroatoms. The highest BCUT2D eigenvalue weighted by Crippen LogP contribution is 2.30. The highest BCUT2D eigenvalue weighted by Gasteiger charge is 2.46. The van der Waals surface area contributed by atoms with E-state index in [9.17, 15) is 13.2 Å². The zero-order chi connectivity index (χ0) is 14.8. The highest BCUT2D eigenvalue weighted by atomic mass is 32.2. The van der Waals surface area contributed by atoms with Gasteiger partial charge in [-0.1, -0.05) is 32.4 Å². The molecule has 1 aromatic carbocycles. The van der Waals surface area contributed by atoms with Gasteiger partial charge in [-0.05, 0) is 30.5 Å². The summed E-state index contributed by atoms with van der Waals surface area (Å²) in [6.07, 6.45) is 2.37. The van der Waals surface area contributed by atoms with Crippen LogP contribution in [0.2, 0.25) is 0 Å². The van der Waals surface area contributed by atoms with Crippen LogP contribution >= 0.6 is 0 Å². The van der Waals surface area contributed by atoms with Crippen molar-refractivity contribution in [3.8, 4) is 0 Å². The first-order valence-electron chi connectivity index (χ1n) is 7.00. The quantitative estimate of drug-likeness (QED) is 0.783. The smallest absolute Gasteiger partial charge is 0.325 e. The largest absolute Gasteiger partial charge is 0.464 e. The van der Waals surface area contributed by atoms with Crippen molar-refractivity contribution in [2.75, 3.05) is 6.61 Å². The summed E-state index contributed by atoms with van der Waals surface area (Å²) in [6, 6.07) is 6.76. The van der Waals surface area contributed by atoms with E-state index in [2.05, 4.69) is 0 Å². The Labute approximate surface area is 120 Å². The standard InChI is InChI=1S/C15H20O4S/c1-3-5-12-10-19-15(16)14(12)20(17,18)13-8-6-11(4-2)7-9-13/h6-9,12,14H,3-5,10H2,1-2H3/t12-,14?/m0/s1. The van der Waals surface area contributed by atoms with Gasteiger partial charge in [0, 0.05) is 5.92 Å². The van der Waals surface area contributed by atoms with Crippen molar-refractivity contribution in [3.63, 3.8) is 0 Å². The molecule has 0 bridgehead atoms. The highest BCUT2D eigenvalue weighted by molar-refractivity contribution is 7.92. The predicted octanol–water partition coefficient (Wildman–Crippen LogP) is 2.36. The van der Waals surface area contributed by atoms with Gasteiger partial charge in [-0.15, -0.1) is 0 Å². The Morgan fingerprint density at radius 1 is 1.20 bits per heavy atom. The van der Waals surface area contributed by atoms with Crippen molar-refractivity contribution >= 4 is 15.8 Å². The topological polar surface area (TPSA) is 60.4 Å². The van der Waals surface area contributed by atoms with Gasteiger partial charge in [0.25, 0.3) is 0 Å². The molecule has 110 valence electrons. The lowest BCUT2D eigenvalue weighted by molar-refractivity contribution is -0.137. The first-order valence-corrected chi connectivity index (χ1v) is 8.54. The number of carbonyl (C=O) groups excluding carboxylic acids is 1. The second-order valence-electron chi connectivity index (χ2n) is 5.14. The monoisotopic (exact) mass is 296 g/mol. The van der Waals surface area contributed by atoms with Gasteiger partial charge in [-0.3, -0.25) is 4.79 Å². The number of hydrogen-bond donors (Lipinski definition) is 0. The summed E-state index contributed by atoms with van der Waals surface area (Å²) in [5.74, 6) is -0.841. The van der Waals surface area contributed by atoms with E-state index in [1.165, 1.54) is 0 Å². The molecule has 1 aliphatic rings. The fraction of sp³-hybridized carbons (Fsp3) is 0.533. The summed E-state index contributed by atoms with van der Waals surface area (Å²) in [5, 5.41) is -1.05. The lowest BCUT2D eigenvalue weighted by atomic mass is 10.0. The van der Waals surface area contributed by atoms with Crippen molar-refractivity contribution < 1.29 is 17.9 Å². The third kappa shape index (κ3) is 2.73. The fourth-order valence-corrected chi connectivity index (χ4v) is 4.45. The first-order chi connectivity index (χ1) is 9.50. The minimum Gasteiger partial charge on any atom is -0.464 e. The molecular formula is C15H20O4S. The Morgan fingerprint density at radius 2 is 1.85 bits per heavy atom. The van der Waals surface area contributed by atoms with Crippen LogP contribution in [0.1, 0.15) is 32.3 Å². The Morgan fingerprint density at radius 3 is 2.40 bits per heavy atom. The van der Waals surface area contributed by atoms with Crippen molar-refractivity contribution in [2.24, 2.45) is 5.92 Å². The first kappa shape index (κ1) is 15.0. The third-order valence-electron chi connectivity index (χ3n) is 3.75. The van der Waals surface area contributed by atoms with Gasteiger partial charge in [0.1, 0.15) is 0 Å². The molecule has 20 heavy (non-hydrogen) atoms. The summed E-state index contributed by atoms with van der Waals surface area (Å²) in [7, 11) is -3.66. The molecule has 0 spiro atoms. The molecule has 1 aliphatic heterocycles. The average Bonchev–Trinajstić information content (AvgIpc) is 2.81. The van der Waals surface area contributed by atoms with E-state index in [1.54, 1.807) is 24.3 Å². The number of benzene rings is 1. The SMILES string of the molecule is CCC[C@H]1COC(=O)C1S(=O)(=O)c1ccc(CC)cc1. The molecule has 1 saturated heterocycles. The van der Waals surface area contributed by atoms with Gasteiger partial charge in [0.2, 0.25) is 0 Å². The van der Waals surface area contributed by atoms with Crippen molar-refractivity contribution in [3.05, 3.63) is 29.8 Å². The maximum Gasteiger partial charge on any atom is 0.325 e. The Hall–Kier alpha value is -1.36. The van der Waals surface area contributed by atoms with Crippen LogP contribution in [0, 0.1) is 5.92 Å². The number of aryl methyl sites for hydroxylation is 1. The van der Waals surface area contributed by atoms with Crippen LogP contribution in [-0.4, -0.2) is 26.2 Å². The molecule has 2 atom stereocenters. The van der Waals surface area contributed by atoms with Gasteiger partial charge >= 0.3 is 5.97 Å². The molecule has 1 unspecified atom stereocenters. The average molecular weight is 296 g/mol. The zero-order valence-corrected chi connectivity index (χ0v) is 12.7. The minimum atomic E-state index is -3.66. The van der Waals surface area contributed by atoms with Gasteiger partial charge < -0.3 is 4.74 Å². The molecule has 0 aliphatic carbocycles. The Balaban J connectivity index is 2.34. The lowest BCUT2D eigenvalue weighted by Gasteiger charge is -2.15. The van der Waals surface area contributed by atoms with Crippen LogP contribution in [0.3, 0.4) is 0 Å². The summed E-state index contributed by atoms with van der Waals surface area (Å²) in [6.45, 7) is 4.20. The maximum atomic E-state index is 12.6. The second kappa shape index (κ2) is 5.95. The molecular weight excluding hydrogens is 276 g/mol. The van der Waals surface area contributed by atoms with E-state index in [1.807, 2.05) is 13.8 Å². The van der Waals surface area contributed by atoms with E-state index in [4.69, 9.17) is 4.74 Å². The number of esters is 1. The zero-order valence-electron chi connectivity index (χ0n) is 11.8. The molecule has 4 nitrogen and oxygen atoms in total. The van der Waals surface area contributed by atoms with Crippen LogP contribution in [-0.2, 0) is 25.8 Å². The number of rotatable bonds is 5. The molecule has 0 N–H and O–H groups in total. The Kier molecular flexibility index (Phi) is 4.48. The molecule has 0 saturated carbocycles. The van der Waals surface area contributed by atoms with Crippen molar-refractivity contribution in [2.45, 2.75) is 43.3 Å². The summed E-state index contributed by atoms with van der Waals surface area (Å²) >= 11 is 0. The van der Waals surface area contributed by atoms with E-state index in [0.29, 0.717) is 6.42 Å². The molecule has 1 aromatic rings. The molecule has 0 radical (unpaired) electrons. The van der Waals surface area contributed by atoms with Crippen molar-refractivity contribution in [1.29, 1.82) is 0 Å². The van der Waals surface area contributed by atoms with Crippen molar-refractivity contribution in [1.82, 2.24) is 0 Å². The summed E-state index contributed by atoms with van der Waals surface area (Å²) in [5.41, 5.74) is 1.07. The number of carbonyl (C=O) groups is 1. The molecule has 1 heterocycles. The molecule has 0 aromatic heterocycles. The lowest BCUT2D eigenvalue weighted by Crippen LogP contribution is -2.32. The number of cyclic esters (lactones) is 1. The van der Waals surface area contributed by atoms with Crippen LogP contribution in [0.25, 0.3) is 0 Å². The van der Waals surface area contributed by atoms with Gasteiger partial charge in [0.15, 0.2) is 15.1 Å². The van der Waals surface area contributed by atoms with E-state index in [0.717, 1.165) is 18.4 Å². The molecule has 0 amide bonds. The van der Waals surface area contributed by atoms with E-state index >= 15 is 0 Å². The number of ether oxygens (including phenoxy) is 1. The molecule has 1 fully saturated rings. The van der Waals surface area contributed by atoms with Crippen LogP contribution < -0.4 is 0 Å². The predicted molar refractivity (Wildman–Crippen MR) is 76.2 cm³/mol. The maximum absolute atomic E-state index is 12.6.